The first-order valence-corrected chi connectivity index (χ1v) is 5.14. The number of ether oxygens (including phenoxy) is 1. The number of hydrogen-bond acceptors (Lipinski definition) is 3. The van der Waals surface area contributed by atoms with Crippen molar-refractivity contribution in [3.05, 3.63) is 53.5 Å². The molecule has 4 heteroatoms. The Balaban J connectivity index is 2.19. The molecule has 4 nitrogen and oxygen atoms in total. The van der Waals surface area contributed by atoms with Crippen LogP contribution < -0.4 is 4.74 Å². The summed E-state index contributed by atoms with van der Waals surface area (Å²) in [5, 5.41) is 9.02. The van der Waals surface area contributed by atoms with Gasteiger partial charge in [0.2, 0.25) is 0 Å². The minimum atomic E-state index is -0.993. The highest BCUT2D eigenvalue weighted by Crippen LogP contribution is 2.21. The van der Waals surface area contributed by atoms with Crippen LogP contribution in [0.1, 0.15) is 21.5 Å². The molecule has 0 amide bonds. The van der Waals surface area contributed by atoms with Crippen LogP contribution in [0.3, 0.4) is 0 Å². The predicted octanol–water partition coefficient (Wildman–Crippen LogP) is 2.87. The molecule has 0 atom stereocenters. The summed E-state index contributed by atoms with van der Waals surface area (Å²) in [6, 6.07) is 6.77. The lowest BCUT2D eigenvalue weighted by molar-refractivity contribution is 0.0692. The van der Waals surface area contributed by atoms with Gasteiger partial charge in [-0.1, -0.05) is 6.07 Å². The van der Waals surface area contributed by atoms with E-state index in [4.69, 9.17) is 14.3 Å². The fraction of sp³-hybridized carbons (Fsp3) is 0.154. The standard InChI is InChI=1S/C13H12O4/c1-9-2-3-11(13(14)15)12(6-9)17-8-10-4-5-16-7-10/h2-7H,8H2,1H3,(H,14,15). The van der Waals surface area contributed by atoms with Crippen LogP contribution in [0.5, 0.6) is 5.75 Å². The summed E-state index contributed by atoms with van der Waals surface area (Å²) in [7, 11) is 0. The van der Waals surface area contributed by atoms with Gasteiger partial charge >= 0.3 is 5.97 Å². The summed E-state index contributed by atoms with van der Waals surface area (Å²) in [5.74, 6) is -0.620. The van der Waals surface area contributed by atoms with Crippen molar-refractivity contribution >= 4 is 5.97 Å². The molecule has 0 bridgehead atoms. The normalized spacial score (nSPS) is 10.2. The molecule has 1 N–H and O–H groups in total. The summed E-state index contributed by atoms with van der Waals surface area (Å²) in [4.78, 5) is 11.0. The van der Waals surface area contributed by atoms with Crippen molar-refractivity contribution < 1.29 is 19.1 Å². The Morgan fingerprint density at radius 1 is 1.41 bits per heavy atom. The van der Waals surface area contributed by atoms with E-state index in [-0.39, 0.29) is 5.56 Å². The van der Waals surface area contributed by atoms with Crippen LogP contribution in [-0.2, 0) is 6.61 Å². The van der Waals surface area contributed by atoms with E-state index < -0.39 is 5.97 Å². The second kappa shape index (κ2) is 4.74. The lowest BCUT2D eigenvalue weighted by Gasteiger charge is -2.08. The van der Waals surface area contributed by atoms with E-state index in [9.17, 15) is 4.79 Å². The van der Waals surface area contributed by atoms with E-state index in [0.29, 0.717) is 12.4 Å². The van der Waals surface area contributed by atoms with Gasteiger partial charge in [0.05, 0.1) is 12.5 Å². The summed E-state index contributed by atoms with van der Waals surface area (Å²) < 4.78 is 10.4. The van der Waals surface area contributed by atoms with Crippen LogP contribution in [0, 0.1) is 6.92 Å². The lowest BCUT2D eigenvalue weighted by Crippen LogP contribution is -2.03. The van der Waals surface area contributed by atoms with Crippen molar-refractivity contribution in [2.24, 2.45) is 0 Å². The molecule has 0 spiro atoms. The summed E-state index contributed by atoms with van der Waals surface area (Å²) >= 11 is 0. The Hall–Kier alpha value is -2.23. The Morgan fingerprint density at radius 3 is 2.88 bits per heavy atom. The number of aromatic carboxylic acids is 1. The highest BCUT2D eigenvalue weighted by atomic mass is 16.5. The molecule has 2 rings (SSSR count). The monoisotopic (exact) mass is 232 g/mol. The van der Waals surface area contributed by atoms with Gasteiger partial charge < -0.3 is 14.3 Å². The maximum Gasteiger partial charge on any atom is 0.339 e. The summed E-state index contributed by atoms with van der Waals surface area (Å²) in [5.41, 5.74) is 1.99. The Labute approximate surface area is 98.4 Å². The molecule has 0 radical (unpaired) electrons. The van der Waals surface area contributed by atoms with Gasteiger partial charge in [-0.25, -0.2) is 4.79 Å². The molecule has 1 aromatic carbocycles. The zero-order valence-corrected chi connectivity index (χ0v) is 9.34. The van der Waals surface area contributed by atoms with E-state index >= 15 is 0 Å². The minimum absolute atomic E-state index is 0.166. The average Bonchev–Trinajstić information content (AvgIpc) is 2.78. The topological polar surface area (TPSA) is 59.7 Å². The van der Waals surface area contributed by atoms with E-state index in [1.165, 1.54) is 0 Å². The highest BCUT2D eigenvalue weighted by molar-refractivity contribution is 5.90. The fourth-order valence-corrected chi connectivity index (χ4v) is 1.46. The predicted molar refractivity (Wildman–Crippen MR) is 61.2 cm³/mol. The largest absolute Gasteiger partial charge is 0.488 e. The van der Waals surface area contributed by atoms with E-state index in [0.717, 1.165) is 11.1 Å². The number of aryl methyl sites for hydroxylation is 1. The van der Waals surface area contributed by atoms with Crippen LogP contribution in [0.4, 0.5) is 0 Å². The third-order valence-corrected chi connectivity index (χ3v) is 2.34. The summed E-state index contributed by atoms with van der Waals surface area (Å²) in [6.07, 6.45) is 3.11. The second-order valence-electron chi connectivity index (χ2n) is 3.73. The van der Waals surface area contributed by atoms with Crippen LogP contribution in [0.25, 0.3) is 0 Å². The van der Waals surface area contributed by atoms with E-state index in [2.05, 4.69) is 0 Å². The lowest BCUT2D eigenvalue weighted by atomic mass is 10.1. The molecule has 0 unspecified atom stereocenters. The molecule has 0 saturated heterocycles. The molecular weight excluding hydrogens is 220 g/mol. The second-order valence-corrected chi connectivity index (χ2v) is 3.73. The molecule has 0 saturated carbocycles. The molecule has 0 aliphatic heterocycles. The van der Waals surface area contributed by atoms with Gasteiger partial charge in [0, 0.05) is 5.56 Å². The first kappa shape index (κ1) is 11.3. The zero-order valence-electron chi connectivity index (χ0n) is 9.34. The van der Waals surface area contributed by atoms with Crippen molar-refractivity contribution in [2.75, 3.05) is 0 Å². The third-order valence-electron chi connectivity index (χ3n) is 2.34. The summed E-state index contributed by atoms with van der Waals surface area (Å²) in [6.45, 7) is 2.18. The molecule has 88 valence electrons. The number of benzene rings is 1. The molecule has 0 aliphatic carbocycles. The van der Waals surface area contributed by atoms with E-state index in [1.807, 2.05) is 6.92 Å². The maximum absolute atomic E-state index is 11.0. The first-order chi connectivity index (χ1) is 8.16. The van der Waals surface area contributed by atoms with Crippen molar-refractivity contribution in [2.45, 2.75) is 13.5 Å². The number of carboxylic acids is 1. The highest BCUT2D eigenvalue weighted by Gasteiger charge is 2.11. The van der Waals surface area contributed by atoms with Crippen LogP contribution in [-0.4, -0.2) is 11.1 Å². The molecule has 17 heavy (non-hydrogen) atoms. The number of carboxylic acid groups (broad SMARTS) is 1. The maximum atomic E-state index is 11.0. The van der Waals surface area contributed by atoms with Crippen molar-refractivity contribution in [3.63, 3.8) is 0 Å². The van der Waals surface area contributed by atoms with Crippen LogP contribution in [0.2, 0.25) is 0 Å². The van der Waals surface area contributed by atoms with Gasteiger partial charge in [0.1, 0.15) is 17.9 Å². The molecule has 2 aromatic rings. The molecule has 0 fully saturated rings. The smallest absolute Gasteiger partial charge is 0.339 e. The van der Waals surface area contributed by atoms with Crippen LogP contribution in [0.15, 0.2) is 41.2 Å². The average molecular weight is 232 g/mol. The molecule has 1 aromatic heterocycles. The number of furan rings is 1. The SMILES string of the molecule is Cc1ccc(C(=O)O)c(OCc2ccoc2)c1. The third kappa shape index (κ3) is 2.66. The van der Waals surface area contributed by atoms with Gasteiger partial charge in [-0.2, -0.15) is 0 Å². The molecular formula is C13H12O4. The van der Waals surface area contributed by atoms with Crippen LogP contribution >= 0.6 is 0 Å². The Kier molecular flexibility index (Phi) is 3.14. The molecule has 0 aliphatic rings. The number of hydrogen-bond donors (Lipinski definition) is 1. The van der Waals surface area contributed by atoms with Gasteiger partial charge in [0.25, 0.3) is 0 Å². The van der Waals surface area contributed by atoms with Gasteiger partial charge in [0.15, 0.2) is 0 Å². The van der Waals surface area contributed by atoms with Gasteiger partial charge in [-0.05, 0) is 30.7 Å². The van der Waals surface area contributed by atoms with Gasteiger partial charge in [-0.15, -0.1) is 0 Å². The molecule has 1 heterocycles. The van der Waals surface area contributed by atoms with E-state index in [1.54, 1.807) is 36.8 Å². The minimum Gasteiger partial charge on any atom is -0.488 e. The Morgan fingerprint density at radius 2 is 2.24 bits per heavy atom. The quantitative estimate of drug-likeness (QED) is 0.880. The Bertz CT molecular complexity index is 514. The van der Waals surface area contributed by atoms with Gasteiger partial charge in [-0.3, -0.25) is 0 Å². The number of rotatable bonds is 4. The van der Waals surface area contributed by atoms with Crippen molar-refractivity contribution in [1.82, 2.24) is 0 Å². The first-order valence-electron chi connectivity index (χ1n) is 5.14. The fourth-order valence-electron chi connectivity index (χ4n) is 1.46. The van der Waals surface area contributed by atoms with Crippen molar-refractivity contribution in [1.29, 1.82) is 0 Å². The number of carbonyl (C=O) groups is 1. The van der Waals surface area contributed by atoms with Crippen molar-refractivity contribution in [3.8, 4) is 5.75 Å². The zero-order chi connectivity index (χ0) is 12.3.